The molecular weight excluding hydrogens is 340 g/mol. The van der Waals surface area contributed by atoms with Gasteiger partial charge in [-0.2, -0.15) is 0 Å². The van der Waals surface area contributed by atoms with Gasteiger partial charge in [-0.15, -0.1) is 0 Å². The van der Waals surface area contributed by atoms with Crippen molar-refractivity contribution < 1.29 is 19.5 Å². The van der Waals surface area contributed by atoms with Gasteiger partial charge in [-0.3, -0.25) is 14.4 Å². The van der Waals surface area contributed by atoms with Gasteiger partial charge in [0.25, 0.3) is 0 Å². The second-order valence-corrected chi connectivity index (χ2v) is 9.84. The smallest absolute Gasteiger partial charge is 0.183 e. The van der Waals surface area contributed by atoms with Gasteiger partial charge in [0.1, 0.15) is 11.3 Å². The maximum Gasteiger partial charge on any atom is 0.183 e. The van der Waals surface area contributed by atoms with Gasteiger partial charge in [-0.1, -0.05) is 39.3 Å². The Morgan fingerprint density at radius 2 is 1.89 bits per heavy atom. The number of hydrogen-bond acceptors (Lipinski definition) is 4. The van der Waals surface area contributed by atoms with Gasteiger partial charge in [0, 0.05) is 5.92 Å². The van der Waals surface area contributed by atoms with E-state index in [-0.39, 0.29) is 40.1 Å². The van der Waals surface area contributed by atoms with Crippen molar-refractivity contribution in [1.29, 1.82) is 0 Å². The highest BCUT2D eigenvalue weighted by atomic mass is 16.3. The molecule has 0 heterocycles. The highest BCUT2D eigenvalue weighted by Crippen LogP contribution is 2.70. The minimum atomic E-state index is -1.12. The Labute approximate surface area is 162 Å². The zero-order valence-corrected chi connectivity index (χ0v) is 17.4. The van der Waals surface area contributed by atoms with E-state index in [9.17, 15) is 19.5 Å². The van der Waals surface area contributed by atoms with Crippen molar-refractivity contribution in [3.05, 3.63) is 23.0 Å². The number of ketones is 3. The van der Waals surface area contributed by atoms with Crippen molar-refractivity contribution in [2.24, 2.45) is 28.1 Å². The van der Waals surface area contributed by atoms with Crippen molar-refractivity contribution in [3.8, 4) is 0 Å². The van der Waals surface area contributed by atoms with E-state index in [0.717, 1.165) is 12.0 Å². The first kappa shape index (κ1) is 20.0. The highest BCUT2D eigenvalue weighted by Gasteiger charge is 2.75. The van der Waals surface area contributed by atoms with E-state index in [1.54, 1.807) is 6.92 Å². The van der Waals surface area contributed by atoms with E-state index in [4.69, 9.17) is 0 Å². The van der Waals surface area contributed by atoms with Gasteiger partial charge in [0.05, 0.1) is 10.8 Å². The Balaban J connectivity index is 2.25. The molecule has 27 heavy (non-hydrogen) atoms. The first-order valence-corrected chi connectivity index (χ1v) is 10.2. The second kappa shape index (κ2) is 6.15. The lowest BCUT2D eigenvalue weighted by Gasteiger charge is -2.37. The molecule has 0 aromatic heterocycles. The van der Waals surface area contributed by atoms with Crippen LogP contribution in [-0.4, -0.2) is 22.5 Å². The first-order chi connectivity index (χ1) is 12.5. The molecule has 0 amide bonds. The number of aliphatic hydroxyl groups excluding tert-OH is 1. The van der Waals surface area contributed by atoms with E-state index in [1.807, 2.05) is 26.8 Å². The van der Waals surface area contributed by atoms with Crippen LogP contribution in [-0.2, 0) is 14.4 Å². The predicted molar refractivity (Wildman–Crippen MR) is 104 cm³/mol. The monoisotopic (exact) mass is 372 g/mol. The van der Waals surface area contributed by atoms with Crippen LogP contribution in [0, 0.1) is 28.1 Å². The molecule has 3 rings (SSSR count). The molecule has 2 fully saturated rings. The summed E-state index contributed by atoms with van der Waals surface area (Å²) in [6, 6.07) is 0. The zero-order chi connectivity index (χ0) is 20.4. The zero-order valence-electron chi connectivity index (χ0n) is 17.4. The van der Waals surface area contributed by atoms with Crippen LogP contribution in [0.1, 0.15) is 73.6 Å². The fourth-order valence-corrected chi connectivity index (χ4v) is 5.59. The summed E-state index contributed by atoms with van der Waals surface area (Å²) < 4.78 is 0. The van der Waals surface area contributed by atoms with E-state index in [0.29, 0.717) is 25.7 Å². The fraction of sp³-hybridized carbons (Fsp3) is 0.696. The topological polar surface area (TPSA) is 71.4 Å². The summed E-state index contributed by atoms with van der Waals surface area (Å²) in [5.74, 6) is -1.58. The molecular formula is C23H32O4. The third-order valence-electron chi connectivity index (χ3n) is 7.58. The Morgan fingerprint density at radius 3 is 2.44 bits per heavy atom. The average molecular weight is 373 g/mol. The van der Waals surface area contributed by atoms with Crippen molar-refractivity contribution in [2.45, 2.75) is 73.6 Å². The van der Waals surface area contributed by atoms with Crippen LogP contribution in [0.25, 0.3) is 0 Å². The second-order valence-electron chi connectivity index (χ2n) is 9.84. The van der Waals surface area contributed by atoms with Crippen molar-refractivity contribution in [3.63, 3.8) is 0 Å². The lowest BCUT2D eigenvalue weighted by Crippen LogP contribution is -2.50. The van der Waals surface area contributed by atoms with Gasteiger partial charge < -0.3 is 5.11 Å². The standard InChI is InChI=1S/C23H32O4/c1-7-14(4)17(24)16-18(25)22(9-8-13(2)3)12-15-21(5,6)10-11-23(15,19(16)26)20(22)27/h8,14-15,25H,7,9-12H2,1-6H3. The Hall–Kier alpha value is -1.71. The van der Waals surface area contributed by atoms with Gasteiger partial charge >= 0.3 is 0 Å². The lowest BCUT2D eigenvalue weighted by molar-refractivity contribution is -0.144. The normalized spacial score (nSPS) is 35.3. The molecule has 1 N–H and O–H groups in total. The summed E-state index contributed by atoms with van der Waals surface area (Å²) in [6.07, 6.45) is 4.65. The molecule has 2 saturated carbocycles. The Kier molecular flexibility index (Phi) is 4.56. The molecule has 0 aromatic rings. The van der Waals surface area contributed by atoms with Gasteiger partial charge in [0.2, 0.25) is 0 Å². The van der Waals surface area contributed by atoms with E-state index >= 15 is 0 Å². The van der Waals surface area contributed by atoms with Crippen molar-refractivity contribution in [1.82, 2.24) is 0 Å². The molecule has 1 spiro atoms. The lowest BCUT2D eigenvalue weighted by atomic mass is 9.63. The highest BCUT2D eigenvalue weighted by molar-refractivity contribution is 6.32. The summed E-state index contributed by atoms with van der Waals surface area (Å²) >= 11 is 0. The number of hydrogen-bond donors (Lipinski definition) is 1. The fourth-order valence-electron chi connectivity index (χ4n) is 5.59. The summed E-state index contributed by atoms with van der Waals surface area (Å²) in [5, 5.41) is 11.2. The van der Waals surface area contributed by atoms with Crippen LogP contribution >= 0.6 is 0 Å². The van der Waals surface area contributed by atoms with Crippen LogP contribution in [0.15, 0.2) is 23.0 Å². The largest absolute Gasteiger partial charge is 0.510 e. The van der Waals surface area contributed by atoms with E-state index < -0.39 is 16.6 Å². The molecule has 4 unspecified atom stereocenters. The maximum absolute atomic E-state index is 13.7. The number of allylic oxidation sites excluding steroid dienone is 4. The summed E-state index contributed by atoms with van der Waals surface area (Å²) in [5.41, 5.74) is -1.42. The van der Waals surface area contributed by atoms with Crippen LogP contribution in [0.4, 0.5) is 0 Å². The number of fused-ring (bicyclic) bond motifs is 1. The van der Waals surface area contributed by atoms with Crippen LogP contribution < -0.4 is 0 Å². The number of carbonyl (C=O) groups is 3. The van der Waals surface area contributed by atoms with Gasteiger partial charge in [-0.05, 0) is 57.3 Å². The Morgan fingerprint density at radius 1 is 1.26 bits per heavy atom. The molecule has 148 valence electrons. The van der Waals surface area contributed by atoms with Crippen LogP contribution in [0.3, 0.4) is 0 Å². The number of carbonyl (C=O) groups excluding carboxylic acids is 3. The molecule has 4 atom stereocenters. The molecule has 3 aliphatic rings. The SMILES string of the molecule is CCC(C)C(=O)C1=C(O)C2(CC=C(C)C)CC3C(C)(C)CCC3(C1=O)C2=O. The minimum absolute atomic E-state index is 0.0775. The summed E-state index contributed by atoms with van der Waals surface area (Å²) in [4.78, 5) is 40.3. The maximum atomic E-state index is 13.7. The van der Waals surface area contributed by atoms with Gasteiger partial charge in [0.15, 0.2) is 17.3 Å². The third-order valence-corrected chi connectivity index (χ3v) is 7.58. The molecule has 0 aromatic carbocycles. The molecule has 4 nitrogen and oxygen atoms in total. The summed E-state index contributed by atoms with van der Waals surface area (Å²) in [7, 11) is 0. The Bertz CT molecular complexity index is 780. The number of aliphatic hydroxyl groups is 1. The molecule has 0 aliphatic heterocycles. The summed E-state index contributed by atoms with van der Waals surface area (Å²) in [6.45, 7) is 11.8. The van der Waals surface area contributed by atoms with E-state index in [2.05, 4.69) is 13.8 Å². The predicted octanol–water partition coefficient (Wildman–Crippen LogP) is 4.73. The molecule has 0 radical (unpaired) electrons. The van der Waals surface area contributed by atoms with Gasteiger partial charge in [-0.25, -0.2) is 0 Å². The van der Waals surface area contributed by atoms with Crippen LogP contribution in [0.5, 0.6) is 0 Å². The molecule has 4 heteroatoms. The first-order valence-electron chi connectivity index (χ1n) is 10.2. The van der Waals surface area contributed by atoms with Crippen LogP contribution in [0.2, 0.25) is 0 Å². The van der Waals surface area contributed by atoms with Crippen molar-refractivity contribution in [2.75, 3.05) is 0 Å². The number of Topliss-reactive ketones (excluding diaryl/α,β-unsaturated/α-hetero) is 3. The average Bonchev–Trinajstić information content (AvgIpc) is 2.99. The molecule has 0 saturated heterocycles. The molecule has 2 bridgehead atoms. The third kappa shape index (κ3) is 2.44. The number of rotatable bonds is 5. The minimum Gasteiger partial charge on any atom is -0.510 e. The quantitative estimate of drug-likeness (QED) is 0.430. The van der Waals surface area contributed by atoms with E-state index in [1.165, 1.54) is 0 Å². The van der Waals surface area contributed by atoms with Crippen molar-refractivity contribution >= 4 is 17.3 Å². The molecule has 3 aliphatic carbocycles.